The molecule has 1 N–H and O–H groups in total. The van der Waals surface area contributed by atoms with Crippen LogP contribution in [0.3, 0.4) is 0 Å². The highest BCUT2D eigenvalue weighted by molar-refractivity contribution is 7.80. The highest BCUT2D eigenvalue weighted by Gasteiger charge is 2.40. The number of benzene rings is 1. The number of thiocarbonyl (C=S) groups is 1. The molecule has 3 aromatic rings. The molecular weight excluding hydrogens is 376 g/mol. The van der Waals surface area contributed by atoms with Crippen LogP contribution in [0.4, 0.5) is 0 Å². The van der Waals surface area contributed by atoms with E-state index in [1.165, 1.54) is 33.8 Å². The molecule has 150 valence electrons. The lowest BCUT2D eigenvalue weighted by atomic mass is 9.97. The van der Waals surface area contributed by atoms with E-state index in [9.17, 15) is 0 Å². The molecule has 1 aliphatic heterocycles. The summed E-state index contributed by atoms with van der Waals surface area (Å²) in [5, 5.41) is 4.32. The van der Waals surface area contributed by atoms with Gasteiger partial charge in [0.05, 0.1) is 17.8 Å². The minimum Gasteiger partial charge on any atom is -0.352 e. The first-order chi connectivity index (χ1) is 13.9. The van der Waals surface area contributed by atoms with E-state index in [0.29, 0.717) is 0 Å². The van der Waals surface area contributed by atoms with Crippen LogP contribution in [0.25, 0.3) is 5.69 Å². The van der Waals surface area contributed by atoms with Gasteiger partial charge in [-0.3, -0.25) is 4.98 Å². The molecule has 2 unspecified atom stereocenters. The molecule has 0 amide bonds. The second-order valence-corrected chi connectivity index (χ2v) is 8.25. The topological polar surface area (TPSA) is 33.1 Å². The van der Waals surface area contributed by atoms with E-state index in [1.54, 1.807) is 0 Å². The first-order valence-corrected chi connectivity index (χ1v) is 10.6. The van der Waals surface area contributed by atoms with E-state index >= 15 is 0 Å². The number of aromatic nitrogens is 2. The molecular formula is C24H28N4S. The van der Waals surface area contributed by atoms with E-state index in [4.69, 9.17) is 12.2 Å². The number of aryl methyl sites for hydroxylation is 3. The Labute approximate surface area is 178 Å². The van der Waals surface area contributed by atoms with Crippen molar-refractivity contribution in [2.75, 3.05) is 6.54 Å². The molecule has 0 radical (unpaired) electrons. The molecule has 4 rings (SSSR count). The van der Waals surface area contributed by atoms with Crippen molar-refractivity contribution in [3.63, 3.8) is 0 Å². The largest absolute Gasteiger partial charge is 0.352 e. The van der Waals surface area contributed by atoms with Crippen LogP contribution in [0.2, 0.25) is 0 Å². The molecule has 0 spiro atoms. The fourth-order valence-electron chi connectivity index (χ4n) is 4.50. The fourth-order valence-corrected chi connectivity index (χ4v) is 4.87. The molecule has 4 nitrogen and oxygen atoms in total. The third kappa shape index (κ3) is 3.33. The first kappa shape index (κ1) is 19.6. The third-order valence-corrected chi connectivity index (χ3v) is 6.29. The summed E-state index contributed by atoms with van der Waals surface area (Å²) in [5.41, 5.74) is 8.60. The Bertz CT molecular complexity index is 1050. The maximum Gasteiger partial charge on any atom is 0.170 e. The number of nitrogens with one attached hydrogen (secondary N) is 1. The van der Waals surface area contributed by atoms with Crippen LogP contribution in [0.5, 0.6) is 0 Å². The summed E-state index contributed by atoms with van der Waals surface area (Å²) in [4.78, 5) is 6.91. The molecule has 0 saturated carbocycles. The van der Waals surface area contributed by atoms with Gasteiger partial charge in [0.2, 0.25) is 0 Å². The van der Waals surface area contributed by atoms with Gasteiger partial charge in [-0.25, -0.2) is 0 Å². The Hall–Kier alpha value is -2.66. The monoisotopic (exact) mass is 404 g/mol. The summed E-state index contributed by atoms with van der Waals surface area (Å²) >= 11 is 5.69. The number of rotatable bonds is 4. The highest BCUT2D eigenvalue weighted by Crippen LogP contribution is 2.41. The van der Waals surface area contributed by atoms with Gasteiger partial charge < -0.3 is 14.8 Å². The summed E-state index contributed by atoms with van der Waals surface area (Å²) in [7, 11) is 0. The number of likely N-dealkylation sites (N-methyl/N-ethyl adjacent to an activating group) is 1. The van der Waals surface area contributed by atoms with Gasteiger partial charge in [0.1, 0.15) is 0 Å². The molecule has 0 aliphatic carbocycles. The predicted octanol–water partition coefficient (Wildman–Crippen LogP) is 5.10. The first-order valence-electron chi connectivity index (χ1n) is 10.2. The molecule has 2 aromatic heterocycles. The SMILES string of the molecule is CCN1C(=S)NC(c2ccccn2)C1c1cc(C)n(-c2cc(C)ccc2C)c1C. The van der Waals surface area contributed by atoms with Crippen molar-refractivity contribution in [1.82, 2.24) is 19.8 Å². The van der Waals surface area contributed by atoms with Crippen molar-refractivity contribution in [2.45, 2.75) is 46.7 Å². The van der Waals surface area contributed by atoms with Crippen LogP contribution >= 0.6 is 12.2 Å². The van der Waals surface area contributed by atoms with Gasteiger partial charge in [-0.2, -0.15) is 0 Å². The molecule has 3 heterocycles. The van der Waals surface area contributed by atoms with E-state index in [2.05, 4.69) is 84.7 Å². The van der Waals surface area contributed by atoms with Gasteiger partial charge >= 0.3 is 0 Å². The quantitative estimate of drug-likeness (QED) is 0.614. The average molecular weight is 405 g/mol. The molecule has 1 aliphatic rings. The zero-order valence-corrected chi connectivity index (χ0v) is 18.5. The molecule has 0 bridgehead atoms. The second kappa shape index (κ2) is 7.64. The van der Waals surface area contributed by atoms with Crippen molar-refractivity contribution >= 4 is 17.3 Å². The van der Waals surface area contributed by atoms with E-state index in [-0.39, 0.29) is 12.1 Å². The lowest BCUT2D eigenvalue weighted by Gasteiger charge is -2.27. The second-order valence-electron chi connectivity index (χ2n) is 7.86. The number of nitrogens with zero attached hydrogens (tertiary/aromatic N) is 3. The summed E-state index contributed by atoms with van der Waals surface area (Å²) in [6.45, 7) is 11.7. The van der Waals surface area contributed by atoms with Crippen LogP contribution in [0, 0.1) is 27.7 Å². The Kier molecular flexibility index (Phi) is 5.17. The Morgan fingerprint density at radius 2 is 1.86 bits per heavy atom. The van der Waals surface area contributed by atoms with Crippen LogP contribution in [-0.4, -0.2) is 26.1 Å². The maximum atomic E-state index is 5.69. The lowest BCUT2D eigenvalue weighted by molar-refractivity contribution is 0.329. The maximum absolute atomic E-state index is 5.69. The van der Waals surface area contributed by atoms with E-state index < -0.39 is 0 Å². The molecule has 1 fully saturated rings. The van der Waals surface area contributed by atoms with Gasteiger partial charge in [-0.05, 0) is 87.8 Å². The van der Waals surface area contributed by atoms with Crippen LogP contribution in [0.15, 0.2) is 48.7 Å². The van der Waals surface area contributed by atoms with Gasteiger partial charge in [0, 0.05) is 29.8 Å². The number of hydrogen-bond acceptors (Lipinski definition) is 2. The predicted molar refractivity (Wildman–Crippen MR) is 123 cm³/mol. The van der Waals surface area contributed by atoms with Crippen LogP contribution in [0.1, 0.15) is 52.8 Å². The minimum atomic E-state index is 0.0382. The molecule has 1 saturated heterocycles. The summed E-state index contributed by atoms with van der Waals surface area (Å²) in [6, 6.07) is 15.2. The van der Waals surface area contributed by atoms with Gasteiger partial charge in [0.25, 0.3) is 0 Å². The zero-order valence-electron chi connectivity index (χ0n) is 17.7. The van der Waals surface area contributed by atoms with Crippen molar-refractivity contribution in [3.8, 4) is 5.69 Å². The van der Waals surface area contributed by atoms with Crippen molar-refractivity contribution in [2.24, 2.45) is 0 Å². The van der Waals surface area contributed by atoms with Gasteiger partial charge in [-0.1, -0.05) is 18.2 Å². The Morgan fingerprint density at radius 1 is 1.07 bits per heavy atom. The summed E-state index contributed by atoms with van der Waals surface area (Å²) in [6.07, 6.45) is 1.85. The minimum absolute atomic E-state index is 0.0382. The average Bonchev–Trinajstić information content (AvgIpc) is 3.19. The number of pyridine rings is 1. The van der Waals surface area contributed by atoms with E-state index in [1.807, 2.05) is 18.3 Å². The molecule has 1 aromatic carbocycles. The molecule has 29 heavy (non-hydrogen) atoms. The number of hydrogen-bond donors (Lipinski definition) is 1. The molecule has 2 atom stereocenters. The smallest absolute Gasteiger partial charge is 0.170 e. The Balaban J connectivity index is 1.86. The fraction of sp³-hybridized carbons (Fsp3) is 0.333. The highest BCUT2D eigenvalue weighted by atomic mass is 32.1. The van der Waals surface area contributed by atoms with Gasteiger partial charge in [0.15, 0.2) is 5.11 Å². The lowest BCUT2D eigenvalue weighted by Crippen LogP contribution is -2.29. The summed E-state index contributed by atoms with van der Waals surface area (Å²) < 4.78 is 2.38. The van der Waals surface area contributed by atoms with Crippen molar-refractivity contribution in [1.29, 1.82) is 0 Å². The van der Waals surface area contributed by atoms with E-state index in [0.717, 1.165) is 17.4 Å². The van der Waals surface area contributed by atoms with Crippen molar-refractivity contribution < 1.29 is 0 Å². The Morgan fingerprint density at radius 3 is 2.55 bits per heavy atom. The van der Waals surface area contributed by atoms with Gasteiger partial charge in [-0.15, -0.1) is 0 Å². The summed E-state index contributed by atoms with van der Waals surface area (Å²) in [5.74, 6) is 0. The van der Waals surface area contributed by atoms with Crippen LogP contribution in [-0.2, 0) is 0 Å². The standard InChI is InChI=1S/C24H28N4S/c1-6-27-23(22(26-24(27)29)20-9-7-8-12-25-20)19-14-17(4)28(18(19)5)21-13-15(2)10-11-16(21)3/h7-14,22-23H,6H2,1-5H3,(H,26,29). The third-order valence-electron chi connectivity index (χ3n) is 5.93. The zero-order chi connectivity index (χ0) is 20.7. The normalized spacial score (nSPS) is 18.9. The van der Waals surface area contributed by atoms with Crippen LogP contribution < -0.4 is 5.32 Å². The molecule has 5 heteroatoms. The van der Waals surface area contributed by atoms with Crippen molar-refractivity contribution in [3.05, 3.63) is 82.4 Å².